The number of ketones is 1. The second-order valence-electron chi connectivity index (χ2n) is 6.34. The van der Waals surface area contributed by atoms with Crippen molar-refractivity contribution in [1.29, 1.82) is 0 Å². The van der Waals surface area contributed by atoms with Crippen molar-refractivity contribution in [3.8, 4) is 0 Å². The Morgan fingerprint density at radius 2 is 2.25 bits per heavy atom. The molecule has 1 aliphatic rings. The molecule has 2 aromatic rings. The predicted molar refractivity (Wildman–Crippen MR) is 88.7 cm³/mol. The van der Waals surface area contributed by atoms with Gasteiger partial charge in [0.1, 0.15) is 5.69 Å². The van der Waals surface area contributed by atoms with Crippen LogP contribution in [0.25, 0.3) is 0 Å². The van der Waals surface area contributed by atoms with Crippen LogP contribution in [0.2, 0.25) is 0 Å². The fraction of sp³-hybridized carbons (Fsp3) is 0.529. The maximum absolute atomic E-state index is 12.7. The van der Waals surface area contributed by atoms with Crippen LogP contribution < -0.4 is 0 Å². The fourth-order valence-corrected chi connectivity index (χ4v) is 3.19. The summed E-state index contributed by atoms with van der Waals surface area (Å²) in [6.45, 7) is 3.18. The molecular weight excluding hydrogens is 306 g/mol. The zero-order valence-corrected chi connectivity index (χ0v) is 14.2. The number of H-pyrrole nitrogens is 1. The third-order valence-electron chi connectivity index (χ3n) is 4.49. The van der Waals surface area contributed by atoms with Gasteiger partial charge < -0.3 is 9.47 Å². The van der Waals surface area contributed by atoms with Crippen LogP contribution in [-0.2, 0) is 13.5 Å². The molecule has 7 nitrogen and oxygen atoms in total. The van der Waals surface area contributed by atoms with Gasteiger partial charge in [-0.3, -0.25) is 14.7 Å². The number of piperidine rings is 1. The van der Waals surface area contributed by atoms with Crippen molar-refractivity contribution >= 4 is 11.7 Å². The highest BCUT2D eigenvalue weighted by atomic mass is 16.2. The second kappa shape index (κ2) is 6.98. The van der Waals surface area contributed by atoms with E-state index in [1.807, 2.05) is 13.1 Å². The molecule has 0 spiro atoms. The van der Waals surface area contributed by atoms with Crippen LogP contribution in [0.1, 0.15) is 53.0 Å². The average molecular weight is 329 g/mol. The van der Waals surface area contributed by atoms with Crippen LogP contribution in [-0.4, -0.2) is 49.4 Å². The normalized spacial score (nSPS) is 17.9. The monoisotopic (exact) mass is 329 g/mol. The van der Waals surface area contributed by atoms with Gasteiger partial charge in [0.15, 0.2) is 5.82 Å². The lowest BCUT2D eigenvalue weighted by Crippen LogP contribution is -2.42. The third kappa shape index (κ3) is 3.25. The van der Waals surface area contributed by atoms with Crippen LogP contribution in [0, 0.1) is 5.92 Å². The van der Waals surface area contributed by atoms with Crippen LogP contribution in [0.15, 0.2) is 18.5 Å². The summed E-state index contributed by atoms with van der Waals surface area (Å²) in [4.78, 5) is 31.2. The number of nitrogens with one attached hydrogen (secondary N) is 1. The molecule has 1 aliphatic heterocycles. The van der Waals surface area contributed by atoms with E-state index in [2.05, 4.69) is 22.1 Å². The molecule has 1 saturated heterocycles. The van der Waals surface area contributed by atoms with Gasteiger partial charge in [0, 0.05) is 44.1 Å². The third-order valence-corrected chi connectivity index (χ3v) is 4.49. The van der Waals surface area contributed by atoms with Gasteiger partial charge in [0.25, 0.3) is 5.91 Å². The molecule has 0 radical (unpaired) electrons. The first-order chi connectivity index (χ1) is 11.6. The van der Waals surface area contributed by atoms with E-state index < -0.39 is 0 Å². The van der Waals surface area contributed by atoms with E-state index in [4.69, 9.17) is 0 Å². The topological polar surface area (TPSA) is 83.9 Å². The molecule has 0 bridgehead atoms. The van der Waals surface area contributed by atoms with Crippen LogP contribution in [0.5, 0.6) is 0 Å². The van der Waals surface area contributed by atoms with Crippen molar-refractivity contribution in [2.75, 3.05) is 13.1 Å². The van der Waals surface area contributed by atoms with Gasteiger partial charge in [-0.05, 0) is 25.3 Å². The van der Waals surface area contributed by atoms with Crippen LogP contribution in [0.3, 0.4) is 0 Å². The van der Waals surface area contributed by atoms with Crippen molar-refractivity contribution in [3.63, 3.8) is 0 Å². The number of aryl methyl sites for hydroxylation is 2. The number of imidazole rings is 1. The van der Waals surface area contributed by atoms with Gasteiger partial charge in [-0.2, -0.15) is 5.10 Å². The number of amides is 1. The number of aromatic amines is 1. The maximum Gasteiger partial charge on any atom is 0.274 e. The highest BCUT2D eigenvalue weighted by Crippen LogP contribution is 2.21. The lowest BCUT2D eigenvalue weighted by Gasteiger charge is -2.31. The number of hydrogen-bond acceptors (Lipinski definition) is 4. The molecule has 2 aromatic heterocycles. The van der Waals surface area contributed by atoms with Gasteiger partial charge in [-0.25, -0.2) is 4.98 Å². The second-order valence-corrected chi connectivity index (χ2v) is 6.34. The number of carbonyl (C=O) groups excluding carboxylic acids is 2. The molecule has 0 unspecified atom stereocenters. The average Bonchev–Trinajstić information content (AvgIpc) is 3.23. The summed E-state index contributed by atoms with van der Waals surface area (Å²) in [6.07, 6.45) is 6.87. The minimum atomic E-state index is -0.196. The van der Waals surface area contributed by atoms with E-state index in [1.165, 1.54) is 0 Å². The summed E-state index contributed by atoms with van der Waals surface area (Å²) < 4.78 is 1.73. The number of rotatable bonds is 5. The van der Waals surface area contributed by atoms with Crippen molar-refractivity contribution in [3.05, 3.63) is 35.7 Å². The van der Waals surface area contributed by atoms with Gasteiger partial charge in [-0.15, -0.1) is 0 Å². The van der Waals surface area contributed by atoms with Gasteiger partial charge in [0.05, 0.1) is 0 Å². The first-order valence-corrected chi connectivity index (χ1v) is 8.45. The Kier molecular flexibility index (Phi) is 4.78. The Balaban J connectivity index is 1.69. The highest BCUT2D eigenvalue weighted by Gasteiger charge is 2.31. The quantitative estimate of drug-likeness (QED) is 0.848. The fourth-order valence-electron chi connectivity index (χ4n) is 3.19. The number of likely N-dealkylation sites (tertiary alicyclic amines) is 1. The number of nitrogens with zero attached hydrogens (tertiary/aromatic N) is 4. The molecule has 1 amide bonds. The van der Waals surface area contributed by atoms with Crippen molar-refractivity contribution in [2.45, 2.75) is 32.6 Å². The lowest BCUT2D eigenvalue weighted by atomic mass is 9.93. The van der Waals surface area contributed by atoms with Crippen molar-refractivity contribution in [1.82, 2.24) is 24.6 Å². The van der Waals surface area contributed by atoms with Gasteiger partial charge in [-0.1, -0.05) is 13.3 Å². The number of Topliss-reactive ketones (excluding diaryl/α,β-unsaturated/α-hetero) is 1. The standard InChI is InChI=1S/C17H23N5O2/c1-3-5-13-10-14(20-19-13)17(24)22-8-4-6-12(11-22)15(23)16-18-7-9-21(16)2/h7,9-10,12H,3-6,8,11H2,1-2H3,(H,19,20)/t12-/m1/s1. The molecule has 0 aromatic carbocycles. The Labute approximate surface area is 141 Å². The van der Waals surface area contributed by atoms with Gasteiger partial charge >= 0.3 is 0 Å². The molecule has 24 heavy (non-hydrogen) atoms. The maximum atomic E-state index is 12.7. The molecule has 7 heteroatoms. The minimum absolute atomic E-state index is 0.00806. The van der Waals surface area contributed by atoms with E-state index in [0.717, 1.165) is 31.4 Å². The van der Waals surface area contributed by atoms with E-state index in [-0.39, 0.29) is 17.6 Å². The first-order valence-electron chi connectivity index (χ1n) is 8.45. The molecule has 1 atom stereocenters. The largest absolute Gasteiger partial charge is 0.337 e. The molecule has 1 N–H and O–H groups in total. The van der Waals surface area contributed by atoms with Crippen LogP contribution in [0.4, 0.5) is 0 Å². The Morgan fingerprint density at radius 3 is 2.96 bits per heavy atom. The zero-order valence-electron chi connectivity index (χ0n) is 14.2. The molecule has 0 saturated carbocycles. The van der Waals surface area contributed by atoms with E-state index in [0.29, 0.717) is 24.6 Å². The SMILES string of the molecule is CCCc1cc(C(=O)N2CCC[C@@H](C(=O)c3nccn3C)C2)n[nH]1. The summed E-state index contributed by atoms with van der Waals surface area (Å²) in [7, 11) is 1.81. The molecule has 3 rings (SSSR count). The minimum Gasteiger partial charge on any atom is -0.337 e. The van der Waals surface area contributed by atoms with Crippen LogP contribution >= 0.6 is 0 Å². The molecule has 3 heterocycles. The number of aromatic nitrogens is 4. The zero-order chi connectivity index (χ0) is 17.1. The smallest absolute Gasteiger partial charge is 0.274 e. The molecule has 0 aliphatic carbocycles. The summed E-state index contributed by atoms with van der Waals surface area (Å²) >= 11 is 0. The number of hydrogen-bond donors (Lipinski definition) is 1. The first kappa shape index (κ1) is 16.4. The molecule has 128 valence electrons. The predicted octanol–water partition coefficient (Wildman–Crippen LogP) is 1.83. The van der Waals surface area contributed by atoms with E-state index in [9.17, 15) is 9.59 Å². The highest BCUT2D eigenvalue weighted by molar-refractivity contribution is 5.96. The summed E-state index contributed by atoms with van der Waals surface area (Å²) in [5, 5.41) is 7.04. The Bertz CT molecular complexity index is 733. The Morgan fingerprint density at radius 1 is 1.42 bits per heavy atom. The van der Waals surface area contributed by atoms with Crippen molar-refractivity contribution < 1.29 is 9.59 Å². The van der Waals surface area contributed by atoms with E-state index >= 15 is 0 Å². The van der Waals surface area contributed by atoms with Crippen molar-refractivity contribution in [2.24, 2.45) is 13.0 Å². The summed E-state index contributed by atoms with van der Waals surface area (Å²) in [6, 6.07) is 1.82. The number of carbonyl (C=O) groups is 2. The molecule has 1 fully saturated rings. The lowest BCUT2D eigenvalue weighted by molar-refractivity contribution is 0.0628. The molecular formula is C17H23N5O2. The summed E-state index contributed by atoms with van der Waals surface area (Å²) in [5.41, 5.74) is 1.40. The summed E-state index contributed by atoms with van der Waals surface area (Å²) in [5.74, 6) is 0.164. The Hall–Kier alpha value is -2.44. The van der Waals surface area contributed by atoms with E-state index in [1.54, 1.807) is 21.9 Å². The van der Waals surface area contributed by atoms with Gasteiger partial charge in [0.2, 0.25) is 5.78 Å².